The number of hydrogen-bond acceptors (Lipinski definition) is 4. The van der Waals surface area contributed by atoms with Crippen molar-refractivity contribution in [3.05, 3.63) is 24.3 Å². The summed E-state index contributed by atoms with van der Waals surface area (Å²) in [5.41, 5.74) is 5.76. The van der Waals surface area contributed by atoms with Gasteiger partial charge in [-0.2, -0.15) is 0 Å². The Morgan fingerprint density at radius 3 is 2.71 bits per heavy atom. The number of hydrogen-bond donors (Lipinski definition) is 2. The summed E-state index contributed by atoms with van der Waals surface area (Å²) < 4.78 is 27.8. The molecule has 3 N–H and O–H groups in total. The van der Waals surface area contributed by atoms with Crippen LogP contribution in [0.3, 0.4) is 0 Å². The van der Waals surface area contributed by atoms with Crippen LogP contribution < -0.4 is 10.5 Å². The Morgan fingerprint density at radius 2 is 2.05 bits per heavy atom. The third-order valence-electron chi connectivity index (χ3n) is 3.87. The normalized spacial score (nSPS) is 22.6. The highest BCUT2D eigenvalue weighted by atomic mass is 35.5. The van der Waals surface area contributed by atoms with Crippen LogP contribution in [0.1, 0.15) is 25.7 Å². The lowest BCUT2D eigenvalue weighted by atomic mass is 9.85. The lowest BCUT2D eigenvalue weighted by Crippen LogP contribution is -2.44. The first-order chi connectivity index (χ1) is 9.56. The first-order valence-corrected chi connectivity index (χ1v) is 9.64. The summed E-state index contributed by atoms with van der Waals surface area (Å²) in [5.74, 6) is 0.252. The highest BCUT2D eigenvalue weighted by Crippen LogP contribution is 2.26. The summed E-state index contributed by atoms with van der Waals surface area (Å²) in [4.78, 5) is 1.29. The zero-order valence-corrected chi connectivity index (χ0v) is 14.6. The van der Waals surface area contributed by atoms with Crippen LogP contribution in [0.15, 0.2) is 34.1 Å². The monoisotopic (exact) mass is 350 g/mol. The van der Waals surface area contributed by atoms with Gasteiger partial charge in [-0.3, -0.25) is 0 Å². The molecule has 0 radical (unpaired) electrons. The Kier molecular flexibility index (Phi) is 7.50. The highest BCUT2D eigenvalue weighted by molar-refractivity contribution is 7.98. The Balaban J connectivity index is 0.00000220. The van der Waals surface area contributed by atoms with Crippen molar-refractivity contribution in [3.63, 3.8) is 0 Å². The van der Waals surface area contributed by atoms with Crippen molar-refractivity contribution >= 4 is 34.2 Å². The van der Waals surface area contributed by atoms with Crippen LogP contribution in [0.2, 0.25) is 0 Å². The molecule has 2 rings (SSSR count). The second kappa shape index (κ2) is 8.39. The molecule has 21 heavy (non-hydrogen) atoms. The van der Waals surface area contributed by atoms with E-state index in [1.165, 1.54) is 11.8 Å². The molecule has 0 bridgehead atoms. The van der Waals surface area contributed by atoms with Gasteiger partial charge in [-0.15, -0.1) is 24.2 Å². The molecule has 0 heterocycles. The van der Waals surface area contributed by atoms with Crippen molar-refractivity contribution in [1.82, 2.24) is 4.72 Å². The Labute approximate surface area is 137 Å². The van der Waals surface area contributed by atoms with E-state index in [1.807, 2.05) is 12.3 Å². The Bertz CT molecular complexity index is 552. The van der Waals surface area contributed by atoms with E-state index in [1.54, 1.807) is 18.2 Å². The molecule has 0 amide bonds. The van der Waals surface area contributed by atoms with E-state index >= 15 is 0 Å². The van der Waals surface area contributed by atoms with Gasteiger partial charge in [-0.25, -0.2) is 13.1 Å². The van der Waals surface area contributed by atoms with E-state index in [-0.39, 0.29) is 24.4 Å². The lowest BCUT2D eigenvalue weighted by Gasteiger charge is -2.31. The molecule has 0 aliphatic heterocycles. The summed E-state index contributed by atoms with van der Waals surface area (Å²) in [7, 11) is -3.45. The van der Waals surface area contributed by atoms with E-state index in [4.69, 9.17) is 5.73 Å². The molecule has 2 unspecified atom stereocenters. The number of rotatable bonds is 5. The van der Waals surface area contributed by atoms with Gasteiger partial charge in [0, 0.05) is 10.9 Å². The van der Waals surface area contributed by atoms with Crippen molar-refractivity contribution in [2.24, 2.45) is 11.7 Å². The predicted octanol–water partition coefficient (Wildman–Crippen LogP) is 2.63. The average molecular weight is 351 g/mol. The molecule has 1 aliphatic rings. The molecule has 7 heteroatoms. The van der Waals surface area contributed by atoms with Gasteiger partial charge in [-0.1, -0.05) is 18.9 Å². The van der Waals surface area contributed by atoms with Crippen molar-refractivity contribution in [2.45, 2.75) is 41.5 Å². The molecule has 0 aromatic heterocycles. The third-order valence-corrected chi connectivity index (χ3v) is 6.08. The summed E-state index contributed by atoms with van der Waals surface area (Å²) in [5, 5.41) is 0. The highest BCUT2D eigenvalue weighted by Gasteiger charge is 2.28. The minimum absolute atomic E-state index is 0. The second-order valence-corrected chi connectivity index (χ2v) is 7.78. The zero-order chi connectivity index (χ0) is 14.6. The molecule has 1 aliphatic carbocycles. The predicted molar refractivity (Wildman–Crippen MR) is 90.6 cm³/mol. The van der Waals surface area contributed by atoms with Crippen molar-refractivity contribution in [3.8, 4) is 0 Å². The van der Waals surface area contributed by atoms with Crippen LogP contribution in [0.5, 0.6) is 0 Å². The molecule has 1 aromatic carbocycles. The van der Waals surface area contributed by atoms with E-state index in [9.17, 15) is 8.42 Å². The minimum Gasteiger partial charge on any atom is -0.330 e. The molecular weight excluding hydrogens is 328 g/mol. The zero-order valence-electron chi connectivity index (χ0n) is 12.1. The quantitative estimate of drug-likeness (QED) is 0.801. The van der Waals surface area contributed by atoms with Gasteiger partial charge in [0.15, 0.2) is 0 Å². The van der Waals surface area contributed by atoms with Gasteiger partial charge in [0.25, 0.3) is 0 Å². The number of benzene rings is 1. The van der Waals surface area contributed by atoms with E-state index in [0.717, 1.165) is 30.6 Å². The fourth-order valence-electron chi connectivity index (χ4n) is 2.68. The van der Waals surface area contributed by atoms with Gasteiger partial charge < -0.3 is 5.73 Å². The molecule has 1 fully saturated rings. The molecule has 2 atom stereocenters. The number of thioether (sulfide) groups is 1. The average Bonchev–Trinajstić information content (AvgIpc) is 2.47. The van der Waals surface area contributed by atoms with E-state index in [2.05, 4.69) is 4.72 Å². The van der Waals surface area contributed by atoms with Crippen molar-refractivity contribution in [1.29, 1.82) is 0 Å². The van der Waals surface area contributed by atoms with Gasteiger partial charge in [0.2, 0.25) is 10.0 Å². The van der Waals surface area contributed by atoms with Gasteiger partial charge >= 0.3 is 0 Å². The fraction of sp³-hybridized carbons (Fsp3) is 0.571. The second-order valence-electron chi connectivity index (χ2n) is 5.19. The van der Waals surface area contributed by atoms with Crippen LogP contribution in [-0.2, 0) is 10.0 Å². The molecule has 120 valence electrons. The maximum atomic E-state index is 12.5. The lowest BCUT2D eigenvalue weighted by molar-refractivity contribution is 0.296. The number of nitrogens with two attached hydrogens (primary N) is 1. The third kappa shape index (κ3) is 4.86. The largest absolute Gasteiger partial charge is 0.330 e. The van der Waals surface area contributed by atoms with Crippen molar-refractivity contribution < 1.29 is 8.42 Å². The summed E-state index contributed by atoms with van der Waals surface area (Å²) in [6.07, 6.45) is 6.03. The molecule has 1 aromatic rings. The van der Waals surface area contributed by atoms with Crippen LogP contribution in [0.4, 0.5) is 0 Å². The first-order valence-electron chi connectivity index (χ1n) is 6.93. The molecule has 1 saturated carbocycles. The van der Waals surface area contributed by atoms with E-state index in [0.29, 0.717) is 11.4 Å². The summed E-state index contributed by atoms with van der Waals surface area (Å²) in [6, 6.07) is 7.02. The minimum atomic E-state index is -3.45. The van der Waals surface area contributed by atoms with E-state index < -0.39 is 10.0 Å². The van der Waals surface area contributed by atoms with Crippen LogP contribution in [-0.4, -0.2) is 27.3 Å². The number of sulfonamides is 1. The number of halogens is 1. The first kappa shape index (κ1) is 18.8. The van der Waals surface area contributed by atoms with Crippen LogP contribution in [0, 0.1) is 5.92 Å². The smallest absolute Gasteiger partial charge is 0.240 e. The Morgan fingerprint density at radius 1 is 1.33 bits per heavy atom. The molecular formula is C14H23ClN2O2S2. The van der Waals surface area contributed by atoms with Gasteiger partial charge in [-0.05, 0) is 49.8 Å². The Hall–Kier alpha value is -0.270. The van der Waals surface area contributed by atoms with Crippen molar-refractivity contribution in [2.75, 3.05) is 12.8 Å². The molecule has 0 saturated heterocycles. The molecule has 4 nitrogen and oxygen atoms in total. The van der Waals surface area contributed by atoms with Crippen LogP contribution in [0.25, 0.3) is 0 Å². The maximum Gasteiger partial charge on any atom is 0.240 e. The topological polar surface area (TPSA) is 72.2 Å². The number of nitrogens with one attached hydrogen (secondary N) is 1. The fourth-order valence-corrected chi connectivity index (χ4v) is 4.60. The maximum absolute atomic E-state index is 12.5. The van der Waals surface area contributed by atoms with Crippen LogP contribution >= 0.6 is 24.2 Å². The van der Waals surface area contributed by atoms with Gasteiger partial charge in [0.05, 0.1) is 4.90 Å². The summed E-state index contributed by atoms with van der Waals surface area (Å²) >= 11 is 1.54. The molecule has 0 spiro atoms. The summed E-state index contributed by atoms with van der Waals surface area (Å²) in [6.45, 7) is 0.540. The van der Waals surface area contributed by atoms with Gasteiger partial charge in [0.1, 0.15) is 0 Å². The SMILES string of the molecule is CSc1cccc(S(=O)(=O)NC2CCCCC2CN)c1.Cl. The standard InChI is InChI=1S/C14H22N2O2S2.ClH/c1-19-12-6-4-7-13(9-12)20(17,18)16-14-8-3-2-5-11(14)10-15;/h4,6-7,9,11,14,16H,2-3,5,8,10,15H2,1H3;1H.